The van der Waals surface area contributed by atoms with Gasteiger partial charge in [-0.1, -0.05) is 41.1 Å². The number of aliphatic hydroxyl groups excluding tert-OH is 1. The SMILES string of the molecule is CCC1=CC(O)Oc2nc(O[C@H](C)c3ccccc3Br)[nH]c(=O)c21. The van der Waals surface area contributed by atoms with Crippen LogP contribution >= 0.6 is 15.9 Å². The van der Waals surface area contributed by atoms with Crippen LogP contribution in [0.1, 0.15) is 37.5 Å². The molecule has 24 heavy (non-hydrogen) atoms. The summed E-state index contributed by atoms with van der Waals surface area (Å²) >= 11 is 3.47. The molecule has 0 fully saturated rings. The molecule has 2 atom stereocenters. The second kappa shape index (κ2) is 6.78. The standard InChI is InChI=1S/C17H17BrN2O4/c1-3-10-8-13(21)24-16-14(10)15(22)19-17(20-16)23-9(2)11-6-4-5-7-12(11)18/h4-9,13,21H,3H2,1-2H3,(H,19,20,22)/t9-,13?/m1/s1. The van der Waals surface area contributed by atoms with Gasteiger partial charge in [0, 0.05) is 10.0 Å². The van der Waals surface area contributed by atoms with Gasteiger partial charge in [-0.15, -0.1) is 0 Å². The Balaban J connectivity index is 1.93. The van der Waals surface area contributed by atoms with Crippen molar-refractivity contribution in [1.29, 1.82) is 0 Å². The van der Waals surface area contributed by atoms with E-state index >= 15 is 0 Å². The predicted molar refractivity (Wildman–Crippen MR) is 92.9 cm³/mol. The van der Waals surface area contributed by atoms with Gasteiger partial charge in [0.1, 0.15) is 11.7 Å². The number of ether oxygens (including phenoxy) is 2. The van der Waals surface area contributed by atoms with Crippen molar-refractivity contribution in [2.45, 2.75) is 32.7 Å². The second-order valence-electron chi connectivity index (χ2n) is 5.39. The van der Waals surface area contributed by atoms with Crippen LogP contribution in [0.4, 0.5) is 0 Å². The minimum atomic E-state index is -1.12. The van der Waals surface area contributed by atoms with Crippen molar-refractivity contribution >= 4 is 21.5 Å². The van der Waals surface area contributed by atoms with Crippen LogP contribution in [0.2, 0.25) is 0 Å². The number of hydrogen-bond acceptors (Lipinski definition) is 5. The quantitative estimate of drug-likeness (QED) is 0.834. The molecule has 1 aliphatic heterocycles. The fourth-order valence-electron chi connectivity index (χ4n) is 2.59. The van der Waals surface area contributed by atoms with Gasteiger partial charge in [0.05, 0.1) is 0 Å². The van der Waals surface area contributed by atoms with E-state index in [2.05, 4.69) is 25.9 Å². The fraction of sp³-hybridized carbons (Fsp3) is 0.294. The molecule has 0 saturated carbocycles. The lowest BCUT2D eigenvalue weighted by Crippen LogP contribution is -2.25. The van der Waals surface area contributed by atoms with Crippen LogP contribution in [-0.4, -0.2) is 21.4 Å². The van der Waals surface area contributed by atoms with Crippen LogP contribution in [-0.2, 0) is 0 Å². The first-order valence-corrected chi connectivity index (χ1v) is 8.40. The third kappa shape index (κ3) is 3.22. The molecule has 0 aliphatic carbocycles. The van der Waals surface area contributed by atoms with Gasteiger partial charge in [-0.3, -0.25) is 9.78 Å². The molecule has 0 amide bonds. The van der Waals surface area contributed by atoms with Crippen molar-refractivity contribution in [3.8, 4) is 11.9 Å². The monoisotopic (exact) mass is 392 g/mol. The van der Waals surface area contributed by atoms with Gasteiger partial charge in [0.25, 0.3) is 11.6 Å². The Labute approximate surface area is 147 Å². The Hall–Kier alpha value is -2.12. The van der Waals surface area contributed by atoms with Crippen molar-refractivity contribution in [3.63, 3.8) is 0 Å². The molecular formula is C17H17BrN2O4. The maximum absolute atomic E-state index is 12.4. The zero-order valence-corrected chi connectivity index (χ0v) is 14.8. The van der Waals surface area contributed by atoms with E-state index < -0.39 is 6.29 Å². The molecule has 1 aliphatic rings. The molecule has 0 radical (unpaired) electrons. The molecule has 6 nitrogen and oxygen atoms in total. The number of H-pyrrole nitrogens is 1. The van der Waals surface area contributed by atoms with E-state index in [4.69, 9.17) is 9.47 Å². The number of benzene rings is 1. The summed E-state index contributed by atoms with van der Waals surface area (Å²) in [6.45, 7) is 3.75. The van der Waals surface area contributed by atoms with E-state index in [1.807, 2.05) is 38.1 Å². The Bertz CT molecular complexity index is 847. The minimum absolute atomic E-state index is 0.0477. The largest absolute Gasteiger partial charge is 0.457 e. The van der Waals surface area contributed by atoms with E-state index in [1.165, 1.54) is 6.08 Å². The Morgan fingerprint density at radius 1 is 1.46 bits per heavy atom. The number of aromatic amines is 1. The zero-order chi connectivity index (χ0) is 17.3. The van der Waals surface area contributed by atoms with Crippen LogP contribution < -0.4 is 15.0 Å². The normalized spacial score (nSPS) is 17.5. The van der Waals surface area contributed by atoms with Crippen molar-refractivity contribution in [2.75, 3.05) is 0 Å². The smallest absolute Gasteiger partial charge is 0.300 e. The van der Waals surface area contributed by atoms with Gasteiger partial charge in [0.15, 0.2) is 0 Å². The number of halogens is 1. The first-order valence-electron chi connectivity index (χ1n) is 7.60. The van der Waals surface area contributed by atoms with Gasteiger partial charge in [-0.2, -0.15) is 4.98 Å². The highest BCUT2D eigenvalue weighted by Crippen LogP contribution is 2.31. The molecular weight excluding hydrogens is 376 g/mol. The van der Waals surface area contributed by atoms with Crippen LogP contribution in [0.3, 0.4) is 0 Å². The van der Waals surface area contributed by atoms with E-state index in [0.717, 1.165) is 10.0 Å². The number of aromatic nitrogens is 2. The van der Waals surface area contributed by atoms with Crippen molar-refractivity contribution in [2.24, 2.45) is 0 Å². The van der Waals surface area contributed by atoms with Crippen molar-refractivity contribution in [3.05, 3.63) is 56.3 Å². The maximum atomic E-state index is 12.4. The fourth-order valence-corrected chi connectivity index (χ4v) is 3.20. The Morgan fingerprint density at radius 2 is 2.21 bits per heavy atom. The lowest BCUT2D eigenvalue weighted by molar-refractivity contribution is 0.0174. The number of allylic oxidation sites excluding steroid dienone is 1. The van der Waals surface area contributed by atoms with E-state index in [9.17, 15) is 9.90 Å². The molecule has 0 bridgehead atoms. The van der Waals surface area contributed by atoms with Crippen LogP contribution in [0.15, 0.2) is 39.6 Å². The van der Waals surface area contributed by atoms with Gasteiger partial charge < -0.3 is 14.6 Å². The van der Waals surface area contributed by atoms with Crippen molar-refractivity contribution < 1.29 is 14.6 Å². The first kappa shape index (κ1) is 16.7. The molecule has 1 aromatic carbocycles. The number of nitrogens with one attached hydrogen (secondary N) is 1. The van der Waals surface area contributed by atoms with E-state index in [0.29, 0.717) is 17.6 Å². The lowest BCUT2D eigenvalue weighted by atomic mass is 10.0. The molecule has 0 saturated heterocycles. The summed E-state index contributed by atoms with van der Waals surface area (Å²) in [5, 5.41) is 9.74. The number of nitrogens with zero attached hydrogens (tertiary/aromatic N) is 1. The summed E-state index contributed by atoms with van der Waals surface area (Å²) in [6.07, 6.45) is 0.640. The zero-order valence-electron chi connectivity index (χ0n) is 13.2. The molecule has 3 rings (SSSR count). The highest BCUT2D eigenvalue weighted by Gasteiger charge is 2.24. The van der Waals surface area contributed by atoms with Gasteiger partial charge in [-0.25, -0.2) is 0 Å². The molecule has 0 spiro atoms. The third-order valence-corrected chi connectivity index (χ3v) is 4.50. The number of rotatable bonds is 4. The molecule has 1 aromatic heterocycles. The van der Waals surface area contributed by atoms with Gasteiger partial charge >= 0.3 is 0 Å². The minimum Gasteiger partial charge on any atom is -0.457 e. The Kier molecular flexibility index (Phi) is 4.73. The maximum Gasteiger partial charge on any atom is 0.300 e. The number of fused-ring (bicyclic) bond motifs is 1. The average Bonchev–Trinajstić information content (AvgIpc) is 2.53. The second-order valence-corrected chi connectivity index (χ2v) is 6.24. The van der Waals surface area contributed by atoms with E-state index in [-0.39, 0.29) is 23.6 Å². The van der Waals surface area contributed by atoms with Crippen LogP contribution in [0, 0.1) is 0 Å². The van der Waals surface area contributed by atoms with Crippen LogP contribution in [0.5, 0.6) is 11.9 Å². The Morgan fingerprint density at radius 3 is 2.92 bits per heavy atom. The number of hydrogen-bond donors (Lipinski definition) is 2. The van der Waals surface area contributed by atoms with Gasteiger partial charge in [0.2, 0.25) is 12.2 Å². The molecule has 2 N–H and O–H groups in total. The molecule has 126 valence electrons. The molecule has 1 unspecified atom stereocenters. The first-order chi connectivity index (χ1) is 11.5. The summed E-state index contributed by atoms with van der Waals surface area (Å²) in [5.41, 5.74) is 1.61. The average molecular weight is 393 g/mol. The molecule has 7 heteroatoms. The van der Waals surface area contributed by atoms with Crippen LogP contribution in [0.25, 0.3) is 5.57 Å². The summed E-state index contributed by atoms with van der Waals surface area (Å²) in [4.78, 5) is 19.2. The predicted octanol–water partition coefficient (Wildman–Crippen LogP) is 3.18. The summed E-state index contributed by atoms with van der Waals surface area (Å²) in [5.74, 6) is 0.0833. The molecule has 2 aromatic rings. The summed E-state index contributed by atoms with van der Waals surface area (Å²) < 4.78 is 11.9. The summed E-state index contributed by atoms with van der Waals surface area (Å²) in [6, 6.07) is 7.69. The lowest BCUT2D eigenvalue weighted by Gasteiger charge is -2.21. The molecule has 2 heterocycles. The highest BCUT2D eigenvalue weighted by atomic mass is 79.9. The third-order valence-electron chi connectivity index (χ3n) is 3.77. The van der Waals surface area contributed by atoms with Crippen molar-refractivity contribution in [1.82, 2.24) is 9.97 Å². The summed E-state index contributed by atoms with van der Waals surface area (Å²) in [7, 11) is 0. The van der Waals surface area contributed by atoms with Gasteiger partial charge in [-0.05, 0) is 31.1 Å². The topological polar surface area (TPSA) is 84.4 Å². The highest BCUT2D eigenvalue weighted by molar-refractivity contribution is 9.10. The van der Waals surface area contributed by atoms with E-state index in [1.54, 1.807) is 0 Å². The number of aliphatic hydroxyl groups is 1.